The van der Waals surface area contributed by atoms with Gasteiger partial charge in [-0.2, -0.15) is 5.10 Å². The van der Waals surface area contributed by atoms with Gasteiger partial charge in [-0.15, -0.1) is 11.6 Å². The Balaban J connectivity index is 2.72. The number of aromatic amines is 1. The number of hydrogen-bond donors (Lipinski definition) is 1. The Kier molecular flexibility index (Phi) is 3.49. The van der Waals surface area contributed by atoms with Crippen molar-refractivity contribution in [3.05, 3.63) is 11.6 Å². The summed E-state index contributed by atoms with van der Waals surface area (Å²) in [7, 11) is 1.64. The molecule has 0 bridgehead atoms. The van der Waals surface area contributed by atoms with Crippen LogP contribution in [0.2, 0.25) is 0 Å². The first-order chi connectivity index (χ1) is 5.81. The number of hydrogen-bond acceptors (Lipinski definition) is 3. The Labute approximate surface area is 76.3 Å². The molecule has 5 heteroatoms. The number of rotatable bonds is 4. The van der Waals surface area contributed by atoms with Crippen LogP contribution in [0.3, 0.4) is 0 Å². The van der Waals surface area contributed by atoms with Crippen LogP contribution in [0.5, 0.6) is 0 Å². The second-order valence-electron chi connectivity index (χ2n) is 2.41. The maximum Gasteiger partial charge on any atom is 0.179 e. The van der Waals surface area contributed by atoms with E-state index in [1.54, 1.807) is 7.11 Å². The van der Waals surface area contributed by atoms with Crippen molar-refractivity contribution in [1.82, 2.24) is 15.2 Å². The highest BCUT2D eigenvalue weighted by molar-refractivity contribution is 6.16. The van der Waals surface area contributed by atoms with Crippen molar-refractivity contribution in [2.45, 2.75) is 25.3 Å². The van der Waals surface area contributed by atoms with Crippen molar-refractivity contribution < 1.29 is 4.74 Å². The van der Waals surface area contributed by atoms with Gasteiger partial charge in [-0.25, -0.2) is 4.98 Å². The van der Waals surface area contributed by atoms with Crippen LogP contribution in [0.4, 0.5) is 0 Å². The van der Waals surface area contributed by atoms with Crippen LogP contribution in [0.1, 0.15) is 31.1 Å². The molecule has 0 aliphatic heterocycles. The Morgan fingerprint density at radius 2 is 2.42 bits per heavy atom. The SMILES string of the molecule is CCC(OC)c1n[nH]c(CCl)n1. The molecule has 0 saturated heterocycles. The van der Waals surface area contributed by atoms with Gasteiger partial charge >= 0.3 is 0 Å². The number of nitrogens with zero attached hydrogens (tertiary/aromatic N) is 2. The number of aromatic nitrogens is 3. The van der Waals surface area contributed by atoms with Gasteiger partial charge < -0.3 is 4.74 Å². The maximum atomic E-state index is 5.56. The highest BCUT2D eigenvalue weighted by atomic mass is 35.5. The quantitative estimate of drug-likeness (QED) is 0.733. The molecule has 1 rings (SSSR count). The van der Waals surface area contributed by atoms with Gasteiger partial charge in [0, 0.05) is 7.11 Å². The van der Waals surface area contributed by atoms with E-state index < -0.39 is 0 Å². The third-order valence-electron chi connectivity index (χ3n) is 1.62. The summed E-state index contributed by atoms with van der Waals surface area (Å²) in [5.41, 5.74) is 0. The maximum absolute atomic E-state index is 5.56. The lowest BCUT2D eigenvalue weighted by atomic mass is 10.3. The molecule has 0 amide bonds. The fourth-order valence-electron chi connectivity index (χ4n) is 0.968. The molecule has 0 aliphatic rings. The molecule has 0 radical (unpaired) electrons. The van der Waals surface area contributed by atoms with E-state index in [1.807, 2.05) is 6.92 Å². The zero-order valence-corrected chi connectivity index (χ0v) is 7.93. The second kappa shape index (κ2) is 4.42. The molecule has 0 saturated carbocycles. The third kappa shape index (κ3) is 1.95. The summed E-state index contributed by atoms with van der Waals surface area (Å²) in [5.74, 6) is 1.71. The average Bonchev–Trinajstić information content (AvgIpc) is 2.55. The van der Waals surface area contributed by atoms with E-state index in [0.717, 1.165) is 6.42 Å². The highest BCUT2D eigenvalue weighted by Gasteiger charge is 2.12. The molecule has 1 N–H and O–H groups in total. The number of alkyl halides is 1. The summed E-state index contributed by atoms with van der Waals surface area (Å²) < 4.78 is 5.16. The van der Waals surface area contributed by atoms with Crippen LogP contribution in [0.15, 0.2) is 0 Å². The monoisotopic (exact) mass is 189 g/mol. The van der Waals surface area contributed by atoms with Crippen LogP contribution in [0, 0.1) is 0 Å². The number of methoxy groups -OCH3 is 1. The summed E-state index contributed by atoms with van der Waals surface area (Å²) in [4.78, 5) is 4.15. The number of halogens is 1. The number of nitrogens with one attached hydrogen (secondary N) is 1. The topological polar surface area (TPSA) is 50.8 Å². The van der Waals surface area contributed by atoms with Gasteiger partial charge in [-0.3, -0.25) is 5.10 Å². The highest BCUT2D eigenvalue weighted by Crippen LogP contribution is 2.15. The summed E-state index contributed by atoms with van der Waals surface area (Å²) in [6.07, 6.45) is 0.828. The zero-order chi connectivity index (χ0) is 8.97. The Morgan fingerprint density at radius 1 is 1.67 bits per heavy atom. The predicted molar refractivity (Wildman–Crippen MR) is 46.0 cm³/mol. The van der Waals surface area contributed by atoms with Crippen molar-refractivity contribution in [3.8, 4) is 0 Å². The molecule has 12 heavy (non-hydrogen) atoms. The molecule has 1 heterocycles. The molecule has 1 atom stereocenters. The van der Waals surface area contributed by atoms with E-state index in [9.17, 15) is 0 Å². The third-order valence-corrected chi connectivity index (χ3v) is 1.87. The molecule has 0 fully saturated rings. The zero-order valence-electron chi connectivity index (χ0n) is 7.17. The fourth-order valence-corrected chi connectivity index (χ4v) is 1.09. The van der Waals surface area contributed by atoms with Crippen molar-refractivity contribution in [2.75, 3.05) is 7.11 Å². The standard InChI is InChI=1S/C7H12ClN3O/c1-3-5(12-2)7-9-6(4-8)10-11-7/h5H,3-4H2,1-2H3,(H,9,10,11). The first kappa shape index (κ1) is 9.48. The van der Waals surface area contributed by atoms with Crippen molar-refractivity contribution in [1.29, 1.82) is 0 Å². The van der Waals surface area contributed by atoms with E-state index in [-0.39, 0.29) is 6.10 Å². The Bertz CT molecular complexity index is 234. The van der Waals surface area contributed by atoms with Crippen LogP contribution >= 0.6 is 11.6 Å². The van der Waals surface area contributed by atoms with Crippen LogP contribution in [-0.4, -0.2) is 22.3 Å². The van der Waals surface area contributed by atoms with Crippen LogP contribution < -0.4 is 0 Å². The lowest BCUT2D eigenvalue weighted by molar-refractivity contribution is 0.0929. The smallest absolute Gasteiger partial charge is 0.179 e. The summed E-state index contributed by atoms with van der Waals surface area (Å²) in [6.45, 7) is 2.02. The summed E-state index contributed by atoms with van der Waals surface area (Å²) in [6, 6.07) is 0. The largest absolute Gasteiger partial charge is 0.373 e. The van der Waals surface area contributed by atoms with E-state index in [1.165, 1.54) is 0 Å². The van der Waals surface area contributed by atoms with E-state index in [4.69, 9.17) is 16.3 Å². The van der Waals surface area contributed by atoms with Gasteiger partial charge in [0.15, 0.2) is 5.82 Å². The average molecular weight is 190 g/mol. The van der Waals surface area contributed by atoms with Crippen LogP contribution in [-0.2, 0) is 10.6 Å². The molecule has 1 unspecified atom stereocenters. The lowest BCUT2D eigenvalue weighted by Gasteiger charge is -2.06. The van der Waals surface area contributed by atoms with Gasteiger partial charge in [0.2, 0.25) is 0 Å². The van der Waals surface area contributed by atoms with Gasteiger partial charge in [-0.05, 0) is 6.42 Å². The predicted octanol–water partition coefficient (Wildman–Crippen LogP) is 1.64. The minimum Gasteiger partial charge on any atom is -0.373 e. The minimum atomic E-state index is -0.0294. The molecule has 0 aliphatic carbocycles. The fraction of sp³-hybridized carbons (Fsp3) is 0.714. The first-order valence-electron chi connectivity index (χ1n) is 3.81. The van der Waals surface area contributed by atoms with E-state index in [0.29, 0.717) is 17.5 Å². The van der Waals surface area contributed by atoms with Gasteiger partial charge in [0.1, 0.15) is 11.9 Å². The molecule has 0 spiro atoms. The first-order valence-corrected chi connectivity index (χ1v) is 4.35. The normalized spacial score (nSPS) is 13.2. The van der Waals surface area contributed by atoms with E-state index >= 15 is 0 Å². The Hall–Kier alpha value is -0.610. The van der Waals surface area contributed by atoms with Gasteiger partial charge in [0.25, 0.3) is 0 Å². The molecular weight excluding hydrogens is 178 g/mol. The van der Waals surface area contributed by atoms with Crippen LogP contribution in [0.25, 0.3) is 0 Å². The molecule has 4 nitrogen and oxygen atoms in total. The molecule has 1 aromatic rings. The Morgan fingerprint density at radius 3 is 2.83 bits per heavy atom. The second-order valence-corrected chi connectivity index (χ2v) is 2.67. The minimum absolute atomic E-state index is 0.0294. The lowest BCUT2D eigenvalue weighted by Crippen LogP contribution is -2.01. The number of H-pyrrole nitrogens is 1. The molecule has 1 aromatic heterocycles. The molecular formula is C7H12ClN3O. The summed E-state index contributed by atoms with van der Waals surface area (Å²) >= 11 is 5.56. The van der Waals surface area contributed by atoms with Gasteiger partial charge in [-0.1, -0.05) is 6.92 Å². The van der Waals surface area contributed by atoms with Gasteiger partial charge in [0.05, 0.1) is 5.88 Å². The summed E-state index contributed by atoms with van der Waals surface area (Å²) in [5, 5.41) is 6.71. The van der Waals surface area contributed by atoms with Crippen molar-refractivity contribution in [3.63, 3.8) is 0 Å². The molecule has 68 valence electrons. The van der Waals surface area contributed by atoms with Crippen molar-refractivity contribution in [2.24, 2.45) is 0 Å². The molecule has 0 aromatic carbocycles. The number of ether oxygens (including phenoxy) is 1. The van der Waals surface area contributed by atoms with Crippen molar-refractivity contribution >= 4 is 11.6 Å². The van der Waals surface area contributed by atoms with E-state index in [2.05, 4.69) is 15.2 Å².